The highest BCUT2D eigenvalue weighted by molar-refractivity contribution is 6.19. The van der Waals surface area contributed by atoms with Crippen molar-refractivity contribution in [2.24, 2.45) is 0 Å². The molecule has 1 aromatic heterocycles. The van der Waals surface area contributed by atoms with Gasteiger partial charge in [-0.15, -0.1) is 0 Å². The van der Waals surface area contributed by atoms with Gasteiger partial charge in [-0.2, -0.15) is 5.26 Å². The third-order valence-corrected chi connectivity index (χ3v) is 4.09. The number of nitrogens with one attached hydrogen (secondary N) is 1. The van der Waals surface area contributed by atoms with Gasteiger partial charge in [-0.1, -0.05) is 12.1 Å². The average Bonchev–Trinajstić information content (AvgIpc) is 2.99. The highest BCUT2D eigenvalue weighted by atomic mass is 16.5. The fourth-order valence-corrected chi connectivity index (χ4v) is 2.81. The molecule has 1 heterocycles. The van der Waals surface area contributed by atoms with E-state index < -0.39 is 17.7 Å². The van der Waals surface area contributed by atoms with Crippen molar-refractivity contribution in [3.63, 3.8) is 0 Å². The molecule has 28 heavy (non-hydrogen) atoms. The number of aromatic nitrogens is 1. The van der Waals surface area contributed by atoms with Crippen molar-refractivity contribution >= 4 is 23.8 Å². The molecule has 144 valence electrons. The van der Waals surface area contributed by atoms with Crippen LogP contribution in [-0.4, -0.2) is 36.4 Å². The van der Waals surface area contributed by atoms with Crippen LogP contribution in [0.15, 0.2) is 29.8 Å². The zero-order chi connectivity index (χ0) is 20.8. The lowest BCUT2D eigenvalue weighted by molar-refractivity contribution is 0.0522. The molecule has 0 unspecified atom stereocenters. The molecular weight excluding hydrogens is 360 g/mol. The third-order valence-electron chi connectivity index (χ3n) is 4.09. The van der Waals surface area contributed by atoms with E-state index >= 15 is 0 Å². The second-order valence-electron chi connectivity index (χ2n) is 5.96. The Hall–Kier alpha value is -3.66. The quantitative estimate of drug-likeness (QED) is 0.356. The number of nitrogens with zero attached hydrogens (tertiary/aromatic N) is 1. The van der Waals surface area contributed by atoms with E-state index in [1.54, 1.807) is 32.9 Å². The molecule has 7 heteroatoms. The Morgan fingerprint density at radius 2 is 1.68 bits per heavy atom. The molecule has 0 aliphatic heterocycles. The number of H-pyrrole nitrogens is 1. The SMILES string of the molecule is CCOC(=O)c1c(C)[nH]c(C)c1C(=O)/C(C#N)=C/c1ccc(C(=O)OC)cc1. The zero-order valence-corrected chi connectivity index (χ0v) is 16.1. The van der Waals surface area contributed by atoms with Crippen LogP contribution in [-0.2, 0) is 9.47 Å². The molecule has 0 saturated carbocycles. The number of carbonyl (C=O) groups is 3. The van der Waals surface area contributed by atoms with Gasteiger partial charge >= 0.3 is 11.9 Å². The van der Waals surface area contributed by atoms with Gasteiger partial charge in [0.05, 0.1) is 30.4 Å². The largest absolute Gasteiger partial charge is 0.465 e. The number of hydrogen-bond donors (Lipinski definition) is 1. The van der Waals surface area contributed by atoms with Gasteiger partial charge in [0.1, 0.15) is 11.6 Å². The summed E-state index contributed by atoms with van der Waals surface area (Å²) in [5.41, 5.74) is 2.00. The molecule has 0 fully saturated rings. The first-order valence-corrected chi connectivity index (χ1v) is 8.55. The molecule has 0 radical (unpaired) electrons. The molecule has 0 aliphatic rings. The number of methoxy groups -OCH3 is 1. The van der Waals surface area contributed by atoms with Gasteiger partial charge in [0.15, 0.2) is 0 Å². The van der Waals surface area contributed by atoms with Gasteiger partial charge in [0.2, 0.25) is 5.78 Å². The fraction of sp³-hybridized carbons (Fsp3) is 0.238. The van der Waals surface area contributed by atoms with Gasteiger partial charge < -0.3 is 14.5 Å². The lowest BCUT2D eigenvalue weighted by Gasteiger charge is -2.05. The summed E-state index contributed by atoms with van der Waals surface area (Å²) >= 11 is 0. The molecule has 0 amide bonds. The van der Waals surface area contributed by atoms with Crippen LogP contribution in [0.5, 0.6) is 0 Å². The number of carbonyl (C=O) groups excluding carboxylic acids is 3. The standard InChI is InChI=1S/C21H20N2O5/c1-5-28-21(26)18-13(3)23-12(2)17(18)19(24)16(11-22)10-14-6-8-15(9-7-14)20(25)27-4/h6-10,23H,5H2,1-4H3/b16-10+. The Labute approximate surface area is 162 Å². The van der Waals surface area contributed by atoms with Gasteiger partial charge in [-0.05, 0) is 44.5 Å². The van der Waals surface area contributed by atoms with Crippen LogP contribution in [0.3, 0.4) is 0 Å². The number of aryl methyl sites for hydroxylation is 2. The molecule has 0 spiro atoms. The number of nitriles is 1. The number of aromatic amines is 1. The van der Waals surface area contributed by atoms with E-state index in [1.165, 1.54) is 25.3 Å². The van der Waals surface area contributed by atoms with Crippen molar-refractivity contribution in [1.82, 2.24) is 4.98 Å². The first kappa shape index (κ1) is 20.6. The number of rotatable bonds is 6. The highest BCUT2D eigenvalue weighted by Crippen LogP contribution is 2.23. The number of Topliss-reactive ketones (excluding diaryl/α,β-unsaturated/α-hetero) is 1. The van der Waals surface area contributed by atoms with E-state index in [2.05, 4.69) is 9.72 Å². The number of esters is 2. The Balaban J connectivity index is 2.44. The van der Waals surface area contributed by atoms with Crippen LogP contribution in [0, 0.1) is 25.2 Å². The summed E-state index contributed by atoms with van der Waals surface area (Å²) in [7, 11) is 1.28. The van der Waals surface area contributed by atoms with Gasteiger partial charge in [-0.25, -0.2) is 9.59 Å². The smallest absolute Gasteiger partial charge is 0.340 e. The molecule has 0 bridgehead atoms. The van der Waals surface area contributed by atoms with Crippen LogP contribution in [0.2, 0.25) is 0 Å². The summed E-state index contributed by atoms with van der Waals surface area (Å²) in [6, 6.07) is 8.15. The minimum Gasteiger partial charge on any atom is -0.465 e. The van der Waals surface area contributed by atoms with Crippen LogP contribution in [0.25, 0.3) is 6.08 Å². The monoisotopic (exact) mass is 380 g/mol. The zero-order valence-electron chi connectivity index (χ0n) is 16.1. The first-order valence-electron chi connectivity index (χ1n) is 8.55. The third kappa shape index (κ3) is 4.18. The number of hydrogen-bond acceptors (Lipinski definition) is 6. The number of ether oxygens (including phenoxy) is 2. The highest BCUT2D eigenvalue weighted by Gasteiger charge is 2.27. The van der Waals surface area contributed by atoms with E-state index in [9.17, 15) is 19.6 Å². The number of allylic oxidation sites excluding steroid dienone is 1. The first-order chi connectivity index (χ1) is 13.3. The number of benzene rings is 1. The average molecular weight is 380 g/mol. The van der Waals surface area contributed by atoms with E-state index in [0.29, 0.717) is 22.5 Å². The van der Waals surface area contributed by atoms with Crippen LogP contribution < -0.4 is 0 Å². The van der Waals surface area contributed by atoms with Crippen molar-refractivity contribution in [2.75, 3.05) is 13.7 Å². The molecular formula is C21H20N2O5. The number of ketones is 1. The second-order valence-corrected chi connectivity index (χ2v) is 5.96. The maximum atomic E-state index is 13.0. The Bertz CT molecular complexity index is 991. The maximum absolute atomic E-state index is 13.0. The van der Waals surface area contributed by atoms with Crippen molar-refractivity contribution in [3.8, 4) is 6.07 Å². The van der Waals surface area contributed by atoms with Crippen molar-refractivity contribution in [3.05, 3.63) is 63.5 Å². The Kier molecular flexibility index (Phi) is 6.51. The summed E-state index contributed by atoms with van der Waals surface area (Å²) < 4.78 is 9.67. The van der Waals surface area contributed by atoms with Crippen LogP contribution in [0.4, 0.5) is 0 Å². The topological polar surface area (TPSA) is 109 Å². The van der Waals surface area contributed by atoms with Crippen LogP contribution >= 0.6 is 0 Å². The lowest BCUT2D eigenvalue weighted by Crippen LogP contribution is -2.13. The molecule has 2 rings (SSSR count). The lowest BCUT2D eigenvalue weighted by atomic mass is 9.97. The van der Waals surface area contributed by atoms with E-state index in [-0.39, 0.29) is 23.3 Å². The fourth-order valence-electron chi connectivity index (χ4n) is 2.81. The molecule has 0 saturated heterocycles. The van der Waals surface area contributed by atoms with Gasteiger partial charge in [0, 0.05) is 11.4 Å². The summed E-state index contributed by atoms with van der Waals surface area (Å²) in [5.74, 6) is -1.68. The minimum atomic E-state index is -0.618. The second kappa shape index (κ2) is 8.82. The molecule has 7 nitrogen and oxygen atoms in total. The molecule has 1 N–H and O–H groups in total. The summed E-state index contributed by atoms with van der Waals surface area (Å²) in [5, 5.41) is 9.49. The Morgan fingerprint density at radius 1 is 1.07 bits per heavy atom. The van der Waals surface area contributed by atoms with E-state index in [0.717, 1.165) is 0 Å². The molecule has 0 atom stereocenters. The van der Waals surface area contributed by atoms with Crippen LogP contribution in [0.1, 0.15) is 54.9 Å². The predicted octanol–water partition coefficient (Wildman–Crippen LogP) is 3.38. The predicted molar refractivity (Wildman–Crippen MR) is 102 cm³/mol. The van der Waals surface area contributed by atoms with Crippen molar-refractivity contribution < 1.29 is 23.9 Å². The Morgan fingerprint density at radius 3 is 2.21 bits per heavy atom. The van der Waals surface area contributed by atoms with E-state index in [1.807, 2.05) is 6.07 Å². The van der Waals surface area contributed by atoms with Gasteiger partial charge in [-0.3, -0.25) is 4.79 Å². The summed E-state index contributed by atoms with van der Waals surface area (Å²) in [4.78, 5) is 39.7. The summed E-state index contributed by atoms with van der Waals surface area (Å²) in [6.45, 7) is 5.16. The minimum absolute atomic E-state index is 0.120. The molecule has 2 aromatic rings. The maximum Gasteiger partial charge on any atom is 0.340 e. The summed E-state index contributed by atoms with van der Waals surface area (Å²) in [6.07, 6.45) is 1.40. The van der Waals surface area contributed by atoms with Gasteiger partial charge in [0.25, 0.3) is 0 Å². The van der Waals surface area contributed by atoms with Crippen molar-refractivity contribution in [2.45, 2.75) is 20.8 Å². The molecule has 1 aromatic carbocycles. The normalized spacial score (nSPS) is 10.9. The van der Waals surface area contributed by atoms with E-state index in [4.69, 9.17) is 4.74 Å². The van der Waals surface area contributed by atoms with Crippen molar-refractivity contribution in [1.29, 1.82) is 5.26 Å². The molecule has 0 aliphatic carbocycles.